The number of rotatable bonds is 8. The first-order chi connectivity index (χ1) is 12.9. The van der Waals surface area contributed by atoms with Crippen molar-refractivity contribution < 1.29 is 27.4 Å². The zero-order chi connectivity index (χ0) is 19.9. The second-order valence-electron chi connectivity index (χ2n) is 5.27. The van der Waals surface area contributed by atoms with Crippen molar-refractivity contribution in [1.82, 2.24) is 0 Å². The first-order valence-electron chi connectivity index (χ1n) is 8.27. The molecule has 0 atom stereocenters. The van der Waals surface area contributed by atoms with Gasteiger partial charge in [-0.15, -0.1) is 0 Å². The van der Waals surface area contributed by atoms with Gasteiger partial charge in [0.25, 0.3) is 10.0 Å². The second kappa shape index (κ2) is 9.13. The third kappa shape index (κ3) is 5.52. The van der Waals surface area contributed by atoms with Crippen molar-refractivity contribution in [2.75, 3.05) is 30.4 Å². The summed E-state index contributed by atoms with van der Waals surface area (Å²) in [4.78, 5) is 11.7. The number of carbonyl (C=O) groups is 1. The number of hydrogen-bond donors (Lipinski definition) is 2. The number of sulfonamides is 1. The molecule has 0 radical (unpaired) electrons. The molecule has 0 aromatic heterocycles. The van der Waals surface area contributed by atoms with Gasteiger partial charge in [0.1, 0.15) is 11.5 Å². The number of ether oxygens (including phenoxy) is 3. The Kier molecular flexibility index (Phi) is 6.89. The fourth-order valence-electron chi connectivity index (χ4n) is 2.23. The Labute approximate surface area is 158 Å². The van der Waals surface area contributed by atoms with E-state index in [1.807, 2.05) is 0 Å². The standard InChI is InChI=1S/C18H22N2O6S/c1-4-25-17-10-9-15(12-16(17)19-18(21)26-5-2)27(22,23)20-13-7-6-8-14(11-13)24-3/h6-12,20H,4-5H2,1-3H3,(H,19,21). The van der Waals surface area contributed by atoms with E-state index in [2.05, 4.69) is 10.0 Å². The van der Waals surface area contributed by atoms with Gasteiger partial charge in [-0.3, -0.25) is 10.0 Å². The van der Waals surface area contributed by atoms with Gasteiger partial charge >= 0.3 is 6.09 Å². The van der Waals surface area contributed by atoms with Crippen LogP contribution in [-0.2, 0) is 14.8 Å². The number of carbonyl (C=O) groups excluding carboxylic acids is 1. The van der Waals surface area contributed by atoms with E-state index < -0.39 is 16.1 Å². The number of anilines is 2. The second-order valence-corrected chi connectivity index (χ2v) is 6.96. The summed E-state index contributed by atoms with van der Waals surface area (Å²) in [6, 6.07) is 10.7. The Balaban J connectivity index is 2.33. The Hall–Kier alpha value is -2.94. The third-order valence-electron chi connectivity index (χ3n) is 3.40. The lowest BCUT2D eigenvalue weighted by molar-refractivity contribution is 0.167. The molecule has 0 aliphatic carbocycles. The quantitative estimate of drug-likeness (QED) is 0.711. The summed E-state index contributed by atoms with van der Waals surface area (Å²) in [5, 5.41) is 2.49. The van der Waals surface area contributed by atoms with Crippen molar-refractivity contribution in [1.29, 1.82) is 0 Å². The van der Waals surface area contributed by atoms with E-state index in [0.29, 0.717) is 23.8 Å². The number of methoxy groups -OCH3 is 1. The lowest BCUT2D eigenvalue weighted by atomic mass is 10.3. The lowest BCUT2D eigenvalue weighted by Gasteiger charge is -2.14. The minimum absolute atomic E-state index is 0.0411. The van der Waals surface area contributed by atoms with E-state index in [4.69, 9.17) is 14.2 Å². The van der Waals surface area contributed by atoms with Gasteiger partial charge in [0, 0.05) is 6.07 Å². The molecule has 0 aliphatic rings. The van der Waals surface area contributed by atoms with Gasteiger partial charge in [-0.05, 0) is 44.2 Å². The molecular formula is C18H22N2O6S. The van der Waals surface area contributed by atoms with Crippen LogP contribution in [-0.4, -0.2) is 34.8 Å². The highest BCUT2D eigenvalue weighted by atomic mass is 32.2. The molecule has 1 amide bonds. The van der Waals surface area contributed by atoms with Crippen LogP contribution in [0.4, 0.5) is 16.2 Å². The Bertz CT molecular complexity index is 898. The lowest BCUT2D eigenvalue weighted by Crippen LogP contribution is -2.16. The van der Waals surface area contributed by atoms with Gasteiger partial charge < -0.3 is 14.2 Å². The normalized spacial score (nSPS) is 10.8. The smallest absolute Gasteiger partial charge is 0.411 e. The van der Waals surface area contributed by atoms with Crippen molar-refractivity contribution in [3.05, 3.63) is 42.5 Å². The highest BCUT2D eigenvalue weighted by Gasteiger charge is 2.18. The summed E-state index contributed by atoms with van der Waals surface area (Å²) in [6.45, 7) is 3.99. The topological polar surface area (TPSA) is 103 Å². The van der Waals surface area contributed by atoms with Crippen molar-refractivity contribution in [2.45, 2.75) is 18.7 Å². The summed E-state index contributed by atoms with van der Waals surface area (Å²) < 4.78 is 43.2. The van der Waals surface area contributed by atoms with E-state index in [1.165, 1.54) is 25.3 Å². The molecule has 0 saturated carbocycles. The number of hydrogen-bond acceptors (Lipinski definition) is 6. The molecule has 0 bridgehead atoms. The van der Waals surface area contributed by atoms with Crippen LogP contribution in [0.5, 0.6) is 11.5 Å². The van der Waals surface area contributed by atoms with E-state index in [-0.39, 0.29) is 17.2 Å². The SMILES string of the molecule is CCOC(=O)Nc1cc(S(=O)(=O)Nc2cccc(OC)c2)ccc1OCC. The summed E-state index contributed by atoms with van der Waals surface area (Å²) in [5.74, 6) is 0.859. The molecule has 2 aromatic rings. The largest absolute Gasteiger partial charge is 0.497 e. The molecule has 8 nitrogen and oxygen atoms in total. The highest BCUT2D eigenvalue weighted by Crippen LogP contribution is 2.29. The van der Waals surface area contributed by atoms with Crippen LogP contribution in [0, 0.1) is 0 Å². The zero-order valence-electron chi connectivity index (χ0n) is 15.3. The first kappa shape index (κ1) is 20.4. The minimum atomic E-state index is -3.89. The number of amides is 1. The monoisotopic (exact) mass is 394 g/mol. The molecule has 146 valence electrons. The van der Waals surface area contributed by atoms with Gasteiger partial charge in [-0.2, -0.15) is 0 Å². The minimum Gasteiger partial charge on any atom is -0.497 e. The molecule has 0 spiro atoms. The summed E-state index contributed by atoms with van der Waals surface area (Å²) in [6.07, 6.45) is -0.700. The predicted molar refractivity (Wildman–Crippen MR) is 102 cm³/mol. The average Bonchev–Trinajstić information content (AvgIpc) is 2.63. The van der Waals surface area contributed by atoms with E-state index >= 15 is 0 Å². The molecule has 27 heavy (non-hydrogen) atoms. The van der Waals surface area contributed by atoms with Gasteiger partial charge in [-0.25, -0.2) is 13.2 Å². The van der Waals surface area contributed by atoms with E-state index in [1.54, 1.807) is 38.1 Å². The fourth-order valence-corrected chi connectivity index (χ4v) is 3.31. The van der Waals surface area contributed by atoms with Gasteiger partial charge in [0.05, 0.1) is 36.6 Å². The molecule has 9 heteroatoms. The first-order valence-corrected chi connectivity index (χ1v) is 9.75. The van der Waals surface area contributed by atoms with Crippen LogP contribution in [0.1, 0.15) is 13.8 Å². The maximum atomic E-state index is 12.7. The van der Waals surface area contributed by atoms with Crippen molar-refractivity contribution in [3.8, 4) is 11.5 Å². The predicted octanol–water partition coefficient (Wildman–Crippen LogP) is 3.46. The number of nitrogens with one attached hydrogen (secondary N) is 2. The molecule has 2 rings (SSSR count). The van der Waals surface area contributed by atoms with Crippen molar-refractivity contribution >= 4 is 27.5 Å². The Morgan fingerprint density at radius 3 is 2.52 bits per heavy atom. The molecule has 0 unspecified atom stereocenters. The van der Waals surface area contributed by atoms with Crippen LogP contribution in [0.15, 0.2) is 47.4 Å². The van der Waals surface area contributed by atoms with E-state index in [0.717, 1.165) is 0 Å². The van der Waals surface area contributed by atoms with Crippen LogP contribution in [0.2, 0.25) is 0 Å². The maximum absolute atomic E-state index is 12.7. The van der Waals surface area contributed by atoms with Crippen LogP contribution in [0.3, 0.4) is 0 Å². The third-order valence-corrected chi connectivity index (χ3v) is 4.77. The molecular weight excluding hydrogens is 372 g/mol. The molecule has 0 fully saturated rings. The van der Waals surface area contributed by atoms with Gasteiger partial charge in [0.2, 0.25) is 0 Å². The van der Waals surface area contributed by atoms with Crippen LogP contribution < -0.4 is 19.5 Å². The molecule has 0 saturated heterocycles. The average molecular weight is 394 g/mol. The van der Waals surface area contributed by atoms with Crippen LogP contribution >= 0.6 is 0 Å². The van der Waals surface area contributed by atoms with Gasteiger partial charge in [0.15, 0.2) is 0 Å². The van der Waals surface area contributed by atoms with Gasteiger partial charge in [-0.1, -0.05) is 6.07 Å². The maximum Gasteiger partial charge on any atom is 0.411 e. The van der Waals surface area contributed by atoms with Crippen LogP contribution in [0.25, 0.3) is 0 Å². The summed E-state index contributed by atoms with van der Waals surface area (Å²) in [7, 11) is -2.40. The summed E-state index contributed by atoms with van der Waals surface area (Å²) in [5.41, 5.74) is 0.548. The molecule has 0 heterocycles. The highest BCUT2D eigenvalue weighted by molar-refractivity contribution is 7.92. The zero-order valence-corrected chi connectivity index (χ0v) is 16.1. The molecule has 0 aliphatic heterocycles. The Morgan fingerprint density at radius 2 is 1.85 bits per heavy atom. The molecule has 2 N–H and O–H groups in total. The van der Waals surface area contributed by atoms with Crippen molar-refractivity contribution in [2.24, 2.45) is 0 Å². The Morgan fingerprint density at radius 1 is 1.07 bits per heavy atom. The number of benzene rings is 2. The van der Waals surface area contributed by atoms with Crippen molar-refractivity contribution in [3.63, 3.8) is 0 Å². The van der Waals surface area contributed by atoms with E-state index in [9.17, 15) is 13.2 Å². The fraction of sp³-hybridized carbons (Fsp3) is 0.278. The molecule has 2 aromatic carbocycles. The summed E-state index contributed by atoms with van der Waals surface area (Å²) >= 11 is 0.